The predicted octanol–water partition coefficient (Wildman–Crippen LogP) is 3.44. The molecule has 0 aromatic rings. The highest BCUT2D eigenvalue weighted by molar-refractivity contribution is 14.1. The third-order valence-corrected chi connectivity index (χ3v) is 7.13. The van der Waals surface area contributed by atoms with E-state index in [4.69, 9.17) is 20.7 Å². The fourth-order valence-corrected chi connectivity index (χ4v) is 5.16. The Labute approximate surface area is 230 Å². The first-order valence-electron chi connectivity index (χ1n) is 14.0. The van der Waals surface area contributed by atoms with Crippen molar-refractivity contribution in [3.05, 3.63) is 0 Å². The number of halogens is 1. The molecule has 3 saturated heterocycles. The number of unbranched alkanes of at least 4 members (excludes halogenated alkanes) is 5. The second kappa shape index (κ2) is 17.7. The summed E-state index contributed by atoms with van der Waals surface area (Å²) < 4.78 is 0.658. The maximum atomic E-state index is 6.64. The summed E-state index contributed by atoms with van der Waals surface area (Å²) in [5.41, 5.74) is 2.87. The van der Waals surface area contributed by atoms with E-state index in [1.54, 1.807) is 5.17 Å². The molecule has 36 heavy (non-hydrogen) atoms. The molecule has 3 aliphatic rings. The van der Waals surface area contributed by atoms with Crippen molar-refractivity contribution in [3.8, 4) is 0 Å². The van der Waals surface area contributed by atoms with E-state index in [1.165, 1.54) is 37.3 Å². The van der Waals surface area contributed by atoms with Gasteiger partial charge in [-0.1, -0.05) is 118 Å². The van der Waals surface area contributed by atoms with E-state index in [1.807, 2.05) is 25.8 Å². The van der Waals surface area contributed by atoms with Crippen LogP contribution in [0.5, 0.6) is 0 Å². The average molecular weight is 629 g/mol. The zero-order valence-electron chi connectivity index (χ0n) is 22.4. The number of hydrogen-bond donors (Lipinski definition) is 2. The number of hydrogen-bond acceptors (Lipinski definition) is 13. The van der Waals surface area contributed by atoms with Crippen LogP contribution in [0, 0.1) is 0 Å². The Bertz CT molecular complexity index is 586. The Kier molecular flexibility index (Phi) is 15.1. The minimum atomic E-state index is 0.643. The highest BCUT2D eigenvalue weighted by Crippen LogP contribution is 2.22. The lowest BCUT2D eigenvalue weighted by Crippen LogP contribution is -2.65. The van der Waals surface area contributed by atoms with Gasteiger partial charge in [-0.2, -0.15) is 14.8 Å². The zero-order valence-corrected chi connectivity index (χ0v) is 24.6. The van der Waals surface area contributed by atoms with E-state index in [0.29, 0.717) is 17.6 Å². The van der Waals surface area contributed by atoms with Gasteiger partial charge in [-0.05, 0) is 38.5 Å². The number of nitrogens with one attached hydrogen (secondary N) is 1. The molecule has 4 unspecified atom stereocenters. The molecule has 3 aliphatic heterocycles. The maximum Gasteiger partial charge on any atom is 0.0857 e. The van der Waals surface area contributed by atoms with Gasteiger partial charge in [-0.25, -0.2) is 5.84 Å². The number of hydroxylamine groups is 5. The topological polar surface area (TPSA) is 91.7 Å². The minimum absolute atomic E-state index is 0.643. The summed E-state index contributed by atoms with van der Waals surface area (Å²) in [7, 11) is 0. The lowest BCUT2D eigenvalue weighted by atomic mass is 10.1. The summed E-state index contributed by atoms with van der Waals surface area (Å²) in [4.78, 5) is 19.0. The number of fused-ring (bicyclic) bond motifs is 4. The van der Waals surface area contributed by atoms with E-state index in [2.05, 4.69) is 47.1 Å². The highest BCUT2D eigenvalue weighted by Gasteiger charge is 2.35. The summed E-state index contributed by atoms with van der Waals surface area (Å²) in [6, 6.07) is 0. The molecule has 3 rings (SSSR count). The molecule has 0 spiro atoms. The standard InChI is InChI=1S/C22H49IN10O3/c1-3-5-6-7-8-11-17-28-27(22-23)31-19-13-10-9-12-18-29(35-31)26(16-4-2)30-20-14-15-21-32(36-30)33(24)25-34-28/h25H,3-22,24H2,1-2H3. The molecule has 3 heterocycles. The van der Waals surface area contributed by atoms with Crippen LogP contribution in [0.4, 0.5) is 0 Å². The molecule has 0 amide bonds. The first-order chi connectivity index (χ1) is 17.7. The van der Waals surface area contributed by atoms with Gasteiger partial charge in [0, 0.05) is 39.3 Å². The van der Waals surface area contributed by atoms with Gasteiger partial charge in [0.05, 0.1) is 4.55 Å². The van der Waals surface area contributed by atoms with Gasteiger partial charge in [0.2, 0.25) is 0 Å². The first-order valence-corrected chi connectivity index (χ1v) is 15.5. The Balaban J connectivity index is 1.83. The van der Waals surface area contributed by atoms with E-state index in [9.17, 15) is 0 Å². The van der Waals surface area contributed by atoms with E-state index in [0.717, 1.165) is 77.5 Å². The van der Waals surface area contributed by atoms with Crippen LogP contribution in [0.3, 0.4) is 0 Å². The molecule has 14 heteroatoms. The van der Waals surface area contributed by atoms with Gasteiger partial charge in [0.25, 0.3) is 0 Å². The van der Waals surface area contributed by atoms with Gasteiger partial charge in [-0.3, -0.25) is 0 Å². The van der Waals surface area contributed by atoms with Gasteiger partial charge >= 0.3 is 0 Å². The smallest absolute Gasteiger partial charge is 0.0857 e. The van der Waals surface area contributed by atoms with Crippen molar-refractivity contribution in [1.82, 2.24) is 46.9 Å². The number of alkyl halides is 1. The van der Waals surface area contributed by atoms with Crippen LogP contribution in [0.15, 0.2) is 0 Å². The molecular formula is C22H49IN10O3. The van der Waals surface area contributed by atoms with Crippen molar-refractivity contribution < 1.29 is 14.8 Å². The monoisotopic (exact) mass is 628 g/mol. The molecule has 3 N–H and O–H groups in total. The van der Waals surface area contributed by atoms with Gasteiger partial charge in [-0.15, -0.1) is 10.2 Å². The lowest BCUT2D eigenvalue weighted by Gasteiger charge is -2.46. The van der Waals surface area contributed by atoms with Crippen molar-refractivity contribution in [2.24, 2.45) is 5.84 Å². The third-order valence-electron chi connectivity index (χ3n) is 6.52. The zero-order chi connectivity index (χ0) is 25.6. The van der Waals surface area contributed by atoms with Crippen molar-refractivity contribution >= 4 is 22.6 Å². The molecule has 0 aromatic heterocycles. The van der Waals surface area contributed by atoms with Crippen molar-refractivity contribution in [2.45, 2.75) is 97.3 Å². The van der Waals surface area contributed by atoms with E-state index < -0.39 is 0 Å². The normalized spacial score (nSPS) is 31.0. The molecule has 212 valence electrons. The molecule has 0 aromatic carbocycles. The van der Waals surface area contributed by atoms with Crippen molar-refractivity contribution in [1.29, 1.82) is 0 Å². The molecule has 13 nitrogen and oxygen atoms in total. The molecule has 0 aliphatic carbocycles. The number of hydrazine groups is 7. The van der Waals surface area contributed by atoms with Crippen LogP contribution in [-0.4, -0.2) is 85.1 Å². The Morgan fingerprint density at radius 1 is 0.667 bits per heavy atom. The minimum Gasteiger partial charge on any atom is -0.236 e. The molecule has 0 saturated carbocycles. The molecule has 4 atom stereocenters. The van der Waals surface area contributed by atoms with Crippen molar-refractivity contribution in [2.75, 3.05) is 43.8 Å². The highest BCUT2D eigenvalue weighted by atomic mass is 127. The van der Waals surface area contributed by atoms with E-state index in [-0.39, 0.29) is 0 Å². The summed E-state index contributed by atoms with van der Waals surface area (Å²) in [5, 5.41) is 14.6. The lowest BCUT2D eigenvalue weighted by molar-refractivity contribution is -0.581. The Morgan fingerprint density at radius 3 is 1.86 bits per heavy atom. The van der Waals surface area contributed by atoms with Gasteiger partial charge < -0.3 is 0 Å². The van der Waals surface area contributed by atoms with Gasteiger partial charge in [0.15, 0.2) is 0 Å². The molecule has 4 bridgehead atoms. The fourth-order valence-electron chi connectivity index (χ4n) is 4.48. The van der Waals surface area contributed by atoms with Crippen LogP contribution in [0.2, 0.25) is 0 Å². The number of rotatable bonds is 10. The van der Waals surface area contributed by atoms with Crippen LogP contribution >= 0.6 is 22.6 Å². The average Bonchev–Trinajstić information content (AvgIpc) is 3.06. The summed E-state index contributed by atoms with van der Waals surface area (Å²) in [5.74, 6) is 6.36. The Morgan fingerprint density at radius 2 is 1.22 bits per heavy atom. The largest absolute Gasteiger partial charge is 0.236 e. The Hall–Kier alpha value is 0.210. The number of nitrogens with two attached hydrogens (primary N) is 1. The second-order valence-electron chi connectivity index (χ2n) is 9.55. The molecule has 3 fully saturated rings. The van der Waals surface area contributed by atoms with Crippen molar-refractivity contribution in [3.63, 3.8) is 0 Å². The fraction of sp³-hybridized carbons (Fsp3) is 1.00. The SMILES string of the molecule is CCCCCCCCN1ONN(N)N2CCCCN(O2)N(CCC)N2CCCCCCN(O2)N1CI. The van der Waals surface area contributed by atoms with Crippen LogP contribution in [0.1, 0.15) is 97.3 Å². The van der Waals surface area contributed by atoms with Crippen LogP contribution in [-0.2, 0) is 14.8 Å². The first kappa shape index (κ1) is 30.7. The van der Waals surface area contributed by atoms with Gasteiger partial charge in [0.1, 0.15) is 0 Å². The molecule has 0 radical (unpaired) electrons. The second-order valence-corrected chi connectivity index (χ2v) is 10.2. The third kappa shape index (κ3) is 9.75. The summed E-state index contributed by atoms with van der Waals surface area (Å²) in [6.45, 7) is 8.81. The maximum absolute atomic E-state index is 6.64. The quantitative estimate of drug-likeness (QED) is 0.122. The van der Waals surface area contributed by atoms with Crippen LogP contribution in [0.25, 0.3) is 0 Å². The van der Waals surface area contributed by atoms with Crippen LogP contribution < -0.4 is 11.4 Å². The van der Waals surface area contributed by atoms with E-state index >= 15 is 0 Å². The molecular weight excluding hydrogens is 579 g/mol. The summed E-state index contributed by atoms with van der Waals surface area (Å²) >= 11 is 2.37. The number of nitrogens with zero attached hydrogens (tertiary/aromatic N) is 8. The summed E-state index contributed by atoms with van der Waals surface area (Å²) in [6.07, 6.45) is 14.5. The predicted molar refractivity (Wildman–Crippen MR) is 145 cm³/mol.